The smallest absolute Gasteiger partial charge is 0.321 e. The number of halogens is 3. The molecule has 1 aliphatic rings. The highest BCUT2D eigenvalue weighted by Crippen LogP contribution is 2.37. The summed E-state index contributed by atoms with van der Waals surface area (Å²) in [5.41, 5.74) is -1.31. The molecule has 0 saturated heterocycles. The molecule has 0 saturated carbocycles. The number of unbranched alkanes of at least 4 members (excludes halogenated alkanes) is 1. The average molecular weight is 455 g/mol. The summed E-state index contributed by atoms with van der Waals surface area (Å²) in [4.78, 5) is 15.9. The summed E-state index contributed by atoms with van der Waals surface area (Å²) in [6.45, 7) is 2.73. The van der Waals surface area contributed by atoms with Crippen molar-refractivity contribution >= 4 is 36.1 Å². The predicted octanol–water partition coefficient (Wildman–Crippen LogP) is 6.78. The zero-order valence-electron chi connectivity index (χ0n) is 16.7. The van der Waals surface area contributed by atoms with Crippen LogP contribution in [0.5, 0.6) is 0 Å². The van der Waals surface area contributed by atoms with Gasteiger partial charge < -0.3 is 10.2 Å². The minimum absolute atomic E-state index is 0.0925. The number of carbonyl (C=O) groups is 1. The lowest BCUT2D eigenvalue weighted by atomic mass is 9.87. The van der Waals surface area contributed by atoms with E-state index in [1.165, 1.54) is 35.4 Å². The van der Waals surface area contributed by atoms with Crippen molar-refractivity contribution in [1.82, 2.24) is 4.90 Å². The molecule has 0 bridgehead atoms. The maximum absolute atomic E-state index is 13.0. The van der Waals surface area contributed by atoms with Gasteiger partial charge in [-0.25, -0.2) is 4.79 Å². The number of nitrogens with zero attached hydrogens (tertiary/aromatic N) is 1. The van der Waals surface area contributed by atoms with Gasteiger partial charge in [0.05, 0.1) is 0 Å². The number of hydrogen-bond acceptors (Lipinski definition) is 3. The van der Waals surface area contributed by atoms with Gasteiger partial charge in [0, 0.05) is 28.1 Å². The Kier molecular flexibility index (Phi) is 7.63. The molecule has 0 aromatic heterocycles. The zero-order valence-corrected chi connectivity index (χ0v) is 18.4. The molecule has 0 heterocycles. The predicted molar refractivity (Wildman–Crippen MR) is 118 cm³/mol. The van der Waals surface area contributed by atoms with Crippen molar-refractivity contribution in [2.45, 2.75) is 60.4 Å². The first-order chi connectivity index (χ1) is 14.2. The van der Waals surface area contributed by atoms with Gasteiger partial charge in [-0.2, -0.15) is 13.2 Å². The molecule has 1 N–H and O–H groups in total. The molecule has 0 radical (unpaired) electrons. The number of alkyl halides is 3. The van der Waals surface area contributed by atoms with Gasteiger partial charge in [0.15, 0.2) is 0 Å². The van der Waals surface area contributed by atoms with Crippen molar-refractivity contribution in [2.24, 2.45) is 0 Å². The van der Waals surface area contributed by atoms with E-state index >= 15 is 0 Å². The van der Waals surface area contributed by atoms with Crippen molar-refractivity contribution in [3.8, 4) is 0 Å². The Labute approximate surface area is 184 Å². The van der Waals surface area contributed by atoms with E-state index in [1.807, 2.05) is 11.0 Å². The molecule has 2 aromatic carbocycles. The highest BCUT2D eigenvalue weighted by atomic mass is 32.2. The van der Waals surface area contributed by atoms with Gasteiger partial charge in [0.2, 0.25) is 0 Å². The van der Waals surface area contributed by atoms with Crippen LogP contribution in [0.4, 0.5) is 23.7 Å². The van der Waals surface area contributed by atoms with Crippen molar-refractivity contribution < 1.29 is 18.0 Å². The number of thiol groups is 1. The van der Waals surface area contributed by atoms with E-state index in [9.17, 15) is 18.0 Å². The summed E-state index contributed by atoms with van der Waals surface area (Å²) < 4.78 is 37.5. The first-order valence-electron chi connectivity index (χ1n) is 9.99. The van der Waals surface area contributed by atoms with E-state index < -0.39 is 5.51 Å². The average Bonchev–Trinajstić information content (AvgIpc) is 2.68. The van der Waals surface area contributed by atoms with E-state index in [0.717, 1.165) is 37.0 Å². The molecule has 1 atom stereocenters. The van der Waals surface area contributed by atoms with Gasteiger partial charge in [-0.05, 0) is 85.0 Å². The minimum atomic E-state index is -4.33. The second-order valence-electron chi connectivity index (χ2n) is 7.40. The van der Waals surface area contributed by atoms with Crippen LogP contribution in [-0.2, 0) is 12.8 Å². The Morgan fingerprint density at radius 3 is 2.60 bits per heavy atom. The molecule has 0 fully saturated rings. The van der Waals surface area contributed by atoms with Crippen LogP contribution in [0.15, 0.2) is 52.3 Å². The molecule has 162 valence electrons. The molecule has 8 heteroatoms. The van der Waals surface area contributed by atoms with E-state index in [-0.39, 0.29) is 28.7 Å². The largest absolute Gasteiger partial charge is 0.446 e. The van der Waals surface area contributed by atoms with Gasteiger partial charge in [0.1, 0.15) is 0 Å². The lowest BCUT2D eigenvalue weighted by Gasteiger charge is -2.35. The van der Waals surface area contributed by atoms with Gasteiger partial charge in [-0.3, -0.25) is 0 Å². The third-order valence-corrected chi connectivity index (χ3v) is 6.20. The maximum atomic E-state index is 13.0. The molecule has 0 aliphatic heterocycles. The van der Waals surface area contributed by atoms with Crippen LogP contribution in [0.3, 0.4) is 0 Å². The van der Waals surface area contributed by atoms with E-state index in [2.05, 4.69) is 37.0 Å². The number of hydrogen-bond donors (Lipinski definition) is 2. The monoisotopic (exact) mass is 454 g/mol. The molecule has 3 rings (SSSR count). The molecule has 1 unspecified atom stereocenters. The van der Waals surface area contributed by atoms with Crippen molar-refractivity contribution in [1.29, 1.82) is 0 Å². The normalized spacial score (nSPS) is 16.1. The summed E-state index contributed by atoms with van der Waals surface area (Å²) in [7, 11) is 0. The van der Waals surface area contributed by atoms with Gasteiger partial charge in [-0.15, -0.1) is 12.6 Å². The zero-order chi connectivity index (χ0) is 21.7. The third-order valence-electron chi connectivity index (χ3n) is 5.19. The number of rotatable bonds is 6. The second kappa shape index (κ2) is 10.0. The van der Waals surface area contributed by atoms with Gasteiger partial charge in [0.25, 0.3) is 0 Å². The third kappa shape index (κ3) is 6.35. The van der Waals surface area contributed by atoms with Crippen molar-refractivity contribution in [3.05, 3.63) is 53.6 Å². The number of fused-ring (bicyclic) bond motifs is 1. The maximum Gasteiger partial charge on any atom is 0.446 e. The molecule has 2 aromatic rings. The Hall–Kier alpha value is -1.80. The summed E-state index contributed by atoms with van der Waals surface area (Å²) in [6, 6.07) is 11.8. The molecule has 30 heavy (non-hydrogen) atoms. The Morgan fingerprint density at radius 1 is 1.20 bits per heavy atom. The summed E-state index contributed by atoms with van der Waals surface area (Å²) in [5.74, 6) is 0. The Balaban J connectivity index is 1.69. The van der Waals surface area contributed by atoms with E-state index in [4.69, 9.17) is 0 Å². The fraction of sp³-hybridized carbons (Fsp3) is 0.409. The summed E-state index contributed by atoms with van der Waals surface area (Å²) >= 11 is 4.24. The first kappa shape index (κ1) is 22.9. The molecule has 3 nitrogen and oxygen atoms in total. The molecule has 0 spiro atoms. The quantitative estimate of drug-likeness (QED) is 0.373. The van der Waals surface area contributed by atoms with Gasteiger partial charge in [-0.1, -0.05) is 19.4 Å². The summed E-state index contributed by atoms with van der Waals surface area (Å²) in [6.07, 6.45) is 4.44. The second-order valence-corrected chi connectivity index (χ2v) is 9.05. The van der Waals surface area contributed by atoms with Crippen LogP contribution in [0, 0.1) is 0 Å². The molecular formula is C22H25F3N2OS2. The van der Waals surface area contributed by atoms with Crippen LogP contribution in [0.2, 0.25) is 0 Å². The van der Waals surface area contributed by atoms with Crippen LogP contribution in [0.25, 0.3) is 0 Å². The first-order valence-corrected chi connectivity index (χ1v) is 11.3. The lowest BCUT2D eigenvalue weighted by molar-refractivity contribution is -0.0328. The fourth-order valence-electron chi connectivity index (χ4n) is 3.70. The van der Waals surface area contributed by atoms with E-state index in [1.54, 1.807) is 0 Å². The Bertz CT molecular complexity index is 872. The van der Waals surface area contributed by atoms with Crippen LogP contribution in [0.1, 0.15) is 37.3 Å². The highest BCUT2D eigenvalue weighted by Gasteiger charge is 2.30. The van der Waals surface area contributed by atoms with Crippen LogP contribution >= 0.6 is 24.4 Å². The number of aryl methyl sites for hydroxylation is 1. The Morgan fingerprint density at radius 2 is 1.93 bits per heavy atom. The van der Waals surface area contributed by atoms with Gasteiger partial charge >= 0.3 is 11.5 Å². The molecule has 2 amide bonds. The number of thioether (sulfide) groups is 1. The number of nitrogens with one attached hydrogen (secondary N) is 1. The molecule has 1 aliphatic carbocycles. The number of anilines is 1. The highest BCUT2D eigenvalue weighted by molar-refractivity contribution is 8.00. The SMILES string of the molecule is CCCCN(C(=O)Nc1ccc(SC(F)(F)F)cc1)C1CCc2cc(S)ccc2C1. The standard InChI is InChI=1S/C22H25F3N2OS2/c1-2-3-12-27(18-8-4-16-14-19(29)9-5-15(16)13-18)21(28)26-17-6-10-20(11-7-17)30-22(23,24)25/h5-7,9-11,14,18,29H,2-4,8,12-13H2,1H3,(H,26,28). The summed E-state index contributed by atoms with van der Waals surface area (Å²) in [5, 5.41) is 2.86. The van der Waals surface area contributed by atoms with E-state index in [0.29, 0.717) is 12.2 Å². The van der Waals surface area contributed by atoms with Crippen molar-refractivity contribution in [2.75, 3.05) is 11.9 Å². The number of urea groups is 1. The lowest BCUT2D eigenvalue weighted by Crippen LogP contribution is -2.46. The fourth-order valence-corrected chi connectivity index (χ4v) is 4.47. The number of benzene rings is 2. The topological polar surface area (TPSA) is 32.3 Å². The van der Waals surface area contributed by atoms with Crippen LogP contribution in [-0.4, -0.2) is 29.0 Å². The number of carbonyl (C=O) groups excluding carboxylic acids is 1. The minimum Gasteiger partial charge on any atom is -0.321 e. The molecular weight excluding hydrogens is 429 g/mol. The van der Waals surface area contributed by atoms with Crippen LogP contribution < -0.4 is 5.32 Å². The van der Waals surface area contributed by atoms with Crippen molar-refractivity contribution in [3.63, 3.8) is 0 Å². The number of amides is 2.